The molecule has 26 heavy (non-hydrogen) atoms. The van der Waals surface area contributed by atoms with Crippen molar-refractivity contribution >= 4 is 21.7 Å². The highest BCUT2D eigenvalue weighted by molar-refractivity contribution is 7.90. The summed E-state index contributed by atoms with van der Waals surface area (Å²) < 4.78 is 23.5. The molecule has 2 N–H and O–H groups in total. The van der Waals surface area contributed by atoms with E-state index in [4.69, 9.17) is 0 Å². The van der Waals surface area contributed by atoms with Gasteiger partial charge in [0.05, 0.1) is 4.90 Å². The SMILES string of the molecule is CCc1ccc(S(C)(=O)=O)cc1C(=O)N[C@@H](Cc1ccccc1)C(=O)O. The maximum Gasteiger partial charge on any atom is 0.326 e. The summed E-state index contributed by atoms with van der Waals surface area (Å²) in [6.07, 6.45) is 1.71. The van der Waals surface area contributed by atoms with E-state index >= 15 is 0 Å². The van der Waals surface area contributed by atoms with E-state index in [1.165, 1.54) is 12.1 Å². The molecule has 0 saturated heterocycles. The molecule has 0 radical (unpaired) electrons. The third-order valence-corrected chi connectivity index (χ3v) is 5.13. The Bertz CT molecular complexity index is 907. The summed E-state index contributed by atoms with van der Waals surface area (Å²) in [5.74, 6) is -1.75. The van der Waals surface area contributed by atoms with Crippen LogP contribution < -0.4 is 5.32 Å². The number of aryl methyl sites for hydroxylation is 1. The molecule has 0 aliphatic heterocycles. The summed E-state index contributed by atoms with van der Waals surface area (Å²) in [7, 11) is -3.47. The first-order valence-electron chi connectivity index (χ1n) is 8.13. The van der Waals surface area contributed by atoms with Crippen molar-refractivity contribution in [2.75, 3.05) is 6.26 Å². The molecule has 2 aromatic carbocycles. The molecule has 138 valence electrons. The number of aliphatic carboxylic acids is 1. The number of benzene rings is 2. The zero-order valence-electron chi connectivity index (χ0n) is 14.6. The number of carboxylic acids is 1. The van der Waals surface area contributed by atoms with Gasteiger partial charge in [0.2, 0.25) is 0 Å². The number of amides is 1. The molecule has 6 nitrogen and oxygen atoms in total. The van der Waals surface area contributed by atoms with Crippen molar-refractivity contribution in [3.05, 3.63) is 65.2 Å². The van der Waals surface area contributed by atoms with E-state index in [0.717, 1.165) is 11.8 Å². The standard InChI is InChI=1S/C19H21NO5S/c1-3-14-9-10-15(26(2,24)25)12-16(14)18(21)20-17(19(22)23)11-13-7-5-4-6-8-13/h4-10,12,17H,3,11H2,1-2H3,(H,20,21)(H,22,23)/t17-/m0/s1. The van der Waals surface area contributed by atoms with Crippen LogP contribution in [0.15, 0.2) is 53.4 Å². The smallest absolute Gasteiger partial charge is 0.326 e. The van der Waals surface area contributed by atoms with Gasteiger partial charge in [-0.1, -0.05) is 43.3 Å². The zero-order chi connectivity index (χ0) is 19.3. The molecule has 0 fully saturated rings. The van der Waals surface area contributed by atoms with E-state index in [0.29, 0.717) is 12.0 Å². The molecular weight excluding hydrogens is 354 g/mol. The van der Waals surface area contributed by atoms with Crippen LogP contribution in [0.4, 0.5) is 0 Å². The fraction of sp³-hybridized carbons (Fsp3) is 0.263. The number of hydrogen-bond acceptors (Lipinski definition) is 4. The predicted octanol–water partition coefficient (Wildman–Crippen LogP) is 2.08. The van der Waals surface area contributed by atoms with Crippen molar-refractivity contribution in [1.82, 2.24) is 5.32 Å². The average molecular weight is 375 g/mol. The molecule has 1 atom stereocenters. The normalized spacial score (nSPS) is 12.4. The lowest BCUT2D eigenvalue weighted by Crippen LogP contribution is -2.42. The van der Waals surface area contributed by atoms with Crippen molar-refractivity contribution in [1.29, 1.82) is 0 Å². The van der Waals surface area contributed by atoms with Gasteiger partial charge < -0.3 is 10.4 Å². The van der Waals surface area contributed by atoms with Gasteiger partial charge in [-0.25, -0.2) is 13.2 Å². The van der Waals surface area contributed by atoms with Crippen molar-refractivity contribution in [2.45, 2.75) is 30.7 Å². The number of carbonyl (C=O) groups excluding carboxylic acids is 1. The molecule has 0 unspecified atom stereocenters. The van der Waals surface area contributed by atoms with Crippen LogP contribution in [-0.2, 0) is 27.5 Å². The van der Waals surface area contributed by atoms with Crippen molar-refractivity contribution in [3.63, 3.8) is 0 Å². The Kier molecular flexibility index (Phi) is 6.15. The van der Waals surface area contributed by atoms with Gasteiger partial charge in [-0.3, -0.25) is 4.79 Å². The van der Waals surface area contributed by atoms with Crippen LogP contribution in [0.1, 0.15) is 28.4 Å². The van der Waals surface area contributed by atoms with E-state index in [2.05, 4.69) is 5.32 Å². The van der Waals surface area contributed by atoms with Gasteiger partial charge in [0.25, 0.3) is 5.91 Å². The van der Waals surface area contributed by atoms with E-state index < -0.39 is 27.8 Å². The quantitative estimate of drug-likeness (QED) is 0.772. The Hall–Kier alpha value is -2.67. The lowest BCUT2D eigenvalue weighted by molar-refractivity contribution is -0.139. The van der Waals surface area contributed by atoms with Crippen LogP contribution in [0, 0.1) is 0 Å². The monoisotopic (exact) mass is 375 g/mol. The van der Waals surface area contributed by atoms with Crippen LogP contribution in [0.3, 0.4) is 0 Å². The minimum absolute atomic E-state index is 0.0229. The largest absolute Gasteiger partial charge is 0.480 e. The predicted molar refractivity (Wildman–Crippen MR) is 98.0 cm³/mol. The summed E-state index contributed by atoms with van der Waals surface area (Å²) in [6.45, 7) is 1.84. The highest BCUT2D eigenvalue weighted by Crippen LogP contribution is 2.17. The summed E-state index contributed by atoms with van der Waals surface area (Å²) in [5.41, 5.74) is 1.61. The molecule has 7 heteroatoms. The fourth-order valence-electron chi connectivity index (χ4n) is 2.59. The number of carbonyl (C=O) groups is 2. The maximum atomic E-state index is 12.6. The Morgan fingerprint density at radius 2 is 1.77 bits per heavy atom. The molecule has 0 aromatic heterocycles. The molecule has 2 rings (SSSR count). The van der Waals surface area contributed by atoms with Crippen LogP contribution in [0.5, 0.6) is 0 Å². The van der Waals surface area contributed by atoms with Crippen LogP contribution in [0.2, 0.25) is 0 Å². The van der Waals surface area contributed by atoms with Crippen LogP contribution in [0.25, 0.3) is 0 Å². The van der Waals surface area contributed by atoms with E-state index in [1.54, 1.807) is 30.3 Å². The molecule has 0 saturated carbocycles. The molecule has 0 heterocycles. The number of carboxylic acid groups (broad SMARTS) is 1. The fourth-order valence-corrected chi connectivity index (χ4v) is 3.24. The topological polar surface area (TPSA) is 101 Å². The second-order valence-electron chi connectivity index (χ2n) is 6.00. The Labute approximate surface area is 152 Å². The van der Waals surface area contributed by atoms with Crippen LogP contribution in [-0.4, -0.2) is 37.7 Å². The van der Waals surface area contributed by atoms with E-state index in [1.807, 2.05) is 13.0 Å². The summed E-state index contributed by atoms with van der Waals surface area (Å²) in [5, 5.41) is 11.9. The van der Waals surface area contributed by atoms with Gasteiger partial charge in [-0.05, 0) is 29.7 Å². The first-order valence-corrected chi connectivity index (χ1v) is 10.0. The van der Waals surface area contributed by atoms with Gasteiger partial charge in [-0.15, -0.1) is 0 Å². The number of sulfone groups is 1. The van der Waals surface area contributed by atoms with E-state index in [9.17, 15) is 23.1 Å². The third-order valence-electron chi connectivity index (χ3n) is 4.02. The van der Waals surface area contributed by atoms with Gasteiger partial charge in [0.15, 0.2) is 9.84 Å². The highest BCUT2D eigenvalue weighted by Gasteiger charge is 2.23. The first-order chi connectivity index (χ1) is 12.2. The molecule has 0 aliphatic carbocycles. The van der Waals surface area contributed by atoms with Crippen molar-refractivity contribution in [2.24, 2.45) is 0 Å². The summed E-state index contributed by atoms with van der Waals surface area (Å²) >= 11 is 0. The van der Waals surface area contributed by atoms with Crippen molar-refractivity contribution in [3.8, 4) is 0 Å². The highest BCUT2D eigenvalue weighted by atomic mass is 32.2. The summed E-state index contributed by atoms with van der Waals surface area (Å²) in [4.78, 5) is 24.2. The first kappa shape index (κ1) is 19.7. The number of nitrogens with one attached hydrogen (secondary N) is 1. The van der Waals surface area contributed by atoms with Gasteiger partial charge >= 0.3 is 5.97 Å². The molecule has 0 spiro atoms. The van der Waals surface area contributed by atoms with Gasteiger partial charge in [0.1, 0.15) is 6.04 Å². The molecule has 0 bridgehead atoms. The Balaban J connectivity index is 2.30. The third kappa shape index (κ3) is 4.92. The van der Waals surface area contributed by atoms with Crippen molar-refractivity contribution < 1.29 is 23.1 Å². The lowest BCUT2D eigenvalue weighted by Gasteiger charge is -2.16. The van der Waals surface area contributed by atoms with E-state index in [-0.39, 0.29) is 16.9 Å². The van der Waals surface area contributed by atoms with Gasteiger partial charge in [0, 0.05) is 18.2 Å². The molecular formula is C19H21NO5S. The number of hydrogen-bond donors (Lipinski definition) is 2. The molecule has 1 amide bonds. The minimum Gasteiger partial charge on any atom is -0.480 e. The Morgan fingerprint density at radius 3 is 2.31 bits per heavy atom. The lowest BCUT2D eigenvalue weighted by atomic mass is 10.0. The van der Waals surface area contributed by atoms with Crippen LogP contribution >= 0.6 is 0 Å². The molecule has 0 aliphatic rings. The Morgan fingerprint density at radius 1 is 1.12 bits per heavy atom. The molecule has 2 aromatic rings. The van der Waals surface area contributed by atoms with Gasteiger partial charge in [-0.2, -0.15) is 0 Å². The minimum atomic E-state index is -3.47. The second kappa shape index (κ2) is 8.14. The second-order valence-corrected chi connectivity index (χ2v) is 8.01. The summed E-state index contributed by atoms with van der Waals surface area (Å²) in [6, 6.07) is 12.2. The number of rotatable bonds is 7. The zero-order valence-corrected chi connectivity index (χ0v) is 15.4. The average Bonchev–Trinajstić information content (AvgIpc) is 2.60. The maximum absolute atomic E-state index is 12.6.